The summed E-state index contributed by atoms with van der Waals surface area (Å²) in [6.07, 6.45) is 5.81. The number of nitrogens with zero attached hydrogens (tertiary/aromatic N) is 2. The van der Waals surface area contributed by atoms with Gasteiger partial charge < -0.3 is 5.32 Å². The molecule has 0 spiro atoms. The molecule has 88 valence electrons. The van der Waals surface area contributed by atoms with Crippen LogP contribution in [0.3, 0.4) is 0 Å². The van der Waals surface area contributed by atoms with E-state index in [4.69, 9.17) is 0 Å². The van der Waals surface area contributed by atoms with Crippen LogP contribution >= 0.6 is 0 Å². The van der Waals surface area contributed by atoms with Gasteiger partial charge in [0.1, 0.15) is 5.69 Å². The van der Waals surface area contributed by atoms with E-state index in [2.05, 4.69) is 17.3 Å². The van der Waals surface area contributed by atoms with E-state index in [0.29, 0.717) is 12.5 Å². The molecule has 0 aromatic carbocycles. The zero-order valence-corrected chi connectivity index (χ0v) is 9.78. The van der Waals surface area contributed by atoms with Gasteiger partial charge in [0.15, 0.2) is 5.78 Å². The lowest BCUT2D eigenvalue weighted by molar-refractivity contribution is 0.0972. The summed E-state index contributed by atoms with van der Waals surface area (Å²) in [6, 6.07) is 2.49. The van der Waals surface area contributed by atoms with Gasteiger partial charge in [0, 0.05) is 31.7 Å². The lowest BCUT2D eigenvalue weighted by Gasteiger charge is -2.05. The fraction of sp³-hybridized carbons (Fsp3) is 0.667. The van der Waals surface area contributed by atoms with E-state index >= 15 is 0 Å². The zero-order valence-electron chi connectivity index (χ0n) is 9.78. The molecule has 0 amide bonds. The van der Waals surface area contributed by atoms with Crippen LogP contribution in [-0.4, -0.2) is 28.2 Å². The number of hydrogen-bond acceptors (Lipinski definition) is 3. The highest BCUT2D eigenvalue weighted by atomic mass is 16.1. The number of Topliss-reactive ketones (excluding diaryl/α,β-unsaturated/α-hetero) is 1. The number of nitrogens with one attached hydrogen (secondary N) is 1. The molecule has 0 aliphatic heterocycles. The summed E-state index contributed by atoms with van der Waals surface area (Å²) in [5.74, 6) is 0.194. The van der Waals surface area contributed by atoms with E-state index in [-0.39, 0.29) is 5.78 Å². The molecule has 0 unspecified atom stereocenters. The molecule has 1 saturated carbocycles. The summed E-state index contributed by atoms with van der Waals surface area (Å²) in [5.41, 5.74) is 0.749. The molecule has 1 heterocycles. The van der Waals surface area contributed by atoms with Crippen molar-refractivity contribution in [2.75, 3.05) is 6.54 Å². The number of carbonyl (C=O) groups excluding carboxylic acids is 1. The monoisotopic (exact) mass is 221 g/mol. The van der Waals surface area contributed by atoms with Gasteiger partial charge in [-0.25, -0.2) is 0 Å². The molecule has 1 fully saturated rings. The van der Waals surface area contributed by atoms with Crippen molar-refractivity contribution in [1.82, 2.24) is 15.1 Å². The summed E-state index contributed by atoms with van der Waals surface area (Å²) in [7, 11) is 0. The Bertz CT molecular complexity index is 355. The van der Waals surface area contributed by atoms with Gasteiger partial charge in [0.05, 0.1) is 0 Å². The van der Waals surface area contributed by atoms with Crippen molar-refractivity contribution in [2.45, 2.75) is 45.2 Å². The highest BCUT2D eigenvalue weighted by molar-refractivity contribution is 5.94. The third kappa shape index (κ3) is 2.92. The predicted molar refractivity (Wildman–Crippen MR) is 62.5 cm³/mol. The van der Waals surface area contributed by atoms with E-state index < -0.39 is 0 Å². The van der Waals surface area contributed by atoms with Crippen LogP contribution in [0.25, 0.3) is 0 Å². The Balaban J connectivity index is 1.83. The first-order valence-electron chi connectivity index (χ1n) is 6.09. The maximum Gasteiger partial charge on any atom is 0.182 e. The summed E-state index contributed by atoms with van der Waals surface area (Å²) in [4.78, 5) is 11.9. The van der Waals surface area contributed by atoms with Gasteiger partial charge >= 0.3 is 0 Å². The fourth-order valence-corrected chi connectivity index (χ4v) is 1.76. The van der Waals surface area contributed by atoms with Gasteiger partial charge in [-0.3, -0.25) is 9.48 Å². The average molecular weight is 221 g/mol. The SMILES string of the molecule is CCCn1nccc1C(=O)CCNC1CC1. The van der Waals surface area contributed by atoms with E-state index in [0.717, 1.165) is 25.2 Å². The van der Waals surface area contributed by atoms with Gasteiger partial charge in [-0.05, 0) is 25.3 Å². The van der Waals surface area contributed by atoms with Crippen molar-refractivity contribution in [3.05, 3.63) is 18.0 Å². The van der Waals surface area contributed by atoms with Crippen LogP contribution in [0.15, 0.2) is 12.3 Å². The highest BCUT2D eigenvalue weighted by Crippen LogP contribution is 2.18. The third-order valence-electron chi connectivity index (χ3n) is 2.80. The van der Waals surface area contributed by atoms with Crippen LogP contribution < -0.4 is 5.32 Å². The number of aromatic nitrogens is 2. The van der Waals surface area contributed by atoms with Crippen LogP contribution in [0, 0.1) is 0 Å². The normalized spacial score (nSPS) is 15.3. The Morgan fingerprint density at radius 2 is 2.44 bits per heavy atom. The Morgan fingerprint density at radius 3 is 3.12 bits per heavy atom. The molecule has 4 nitrogen and oxygen atoms in total. The summed E-state index contributed by atoms with van der Waals surface area (Å²) in [5, 5.41) is 7.51. The average Bonchev–Trinajstić information content (AvgIpc) is 2.97. The van der Waals surface area contributed by atoms with Crippen molar-refractivity contribution >= 4 is 5.78 Å². The highest BCUT2D eigenvalue weighted by Gasteiger charge is 2.20. The first kappa shape index (κ1) is 11.3. The van der Waals surface area contributed by atoms with Crippen molar-refractivity contribution in [3.8, 4) is 0 Å². The fourth-order valence-electron chi connectivity index (χ4n) is 1.76. The van der Waals surface area contributed by atoms with E-state index in [1.165, 1.54) is 12.8 Å². The Hall–Kier alpha value is -1.16. The number of hydrogen-bond donors (Lipinski definition) is 1. The molecule has 0 saturated heterocycles. The van der Waals surface area contributed by atoms with Gasteiger partial charge in [-0.15, -0.1) is 0 Å². The molecule has 0 bridgehead atoms. The Morgan fingerprint density at radius 1 is 1.62 bits per heavy atom. The lowest BCUT2D eigenvalue weighted by Crippen LogP contribution is -2.21. The molecule has 0 atom stereocenters. The largest absolute Gasteiger partial charge is 0.314 e. The maximum atomic E-state index is 11.9. The summed E-state index contributed by atoms with van der Waals surface area (Å²) < 4.78 is 1.81. The van der Waals surface area contributed by atoms with E-state index in [1.807, 2.05) is 6.07 Å². The first-order chi connectivity index (χ1) is 7.81. The number of ketones is 1. The maximum absolute atomic E-state index is 11.9. The zero-order chi connectivity index (χ0) is 11.4. The number of rotatable bonds is 7. The molecule has 16 heavy (non-hydrogen) atoms. The minimum atomic E-state index is 0.194. The van der Waals surface area contributed by atoms with E-state index in [9.17, 15) is 4.79 Å². The molecule has 0 radical (unpaired) electrons. The van der Waals surface area contributed by atoms with Crippen LogP contribution in [-0.2, 0) is 6.54 Å². The van der Waals surface area contributed by atoms with Crippen LogP contribution in [0.5, 0.6) is 0 Å². The van der Waals surface area contributed by atoms with Gasteiger partial charge in [-0.2, -0.15) is 5.10 Å². The quantitative estimate of drug-likeness (QED) is 0.712. The number of aryl methyl sites for hydroxylation is 1. The molecule has 1 aliphatic rings. The van der Waals surface area contributed by atoms with Crippen molar-refractivity contribution < 1.29 is 4.79 Å². The molecule has 4 heteroatoms. The second kappa shape index (κ2) is 5.25. The third-order valence-corrected chi connectivity index (χ3v) is 2.80. The standard InChI is InChI=1S/C12H19N3O/c1-2-9-15-11(5-8-14-15)12(16)6-7-13-10-3-4-10/h5,8,10,13H,2-4,6-7,9H2,1H3. The molecular weight excluding hydrogens is 202 g/mol. The Kier molecular flexibility index (Phi) is 3.72. The molecule has 1 aromatic heterocycles. The van der Waals surface area contributed by atoms with E-state index in [1.54, 1.807) is 10.9 Å². The molecule has 2 rings (SSSR count). The second-order valence-corrected chi connectivity index (χ2v) is 4.34. The van der Waals surface area contributed by atoms with Crippen LogP contribution in [0.2, 0.25) is 0 Å². The van der Waals surface area contributed by atoms with Crippen LogP contribution in [0.4, 0.5) is 0 Å². The topological polar surface area (TPSA) is 46.9 Å². The molecular formula is C12H19N3O. The minimum absolute atomic E-state index is 0.194. The second-order valence-electron chi connectivity index (χ2n) is 4.34. The number of carbonyl (C=O) groups is 1. The van der Waals surface area contributed by atoms with Crippen molar-refractivity contribution in [1.29, 1.82) is 0 Å². The minimum Gasteiger partial charge on any atom is -0.314 e. The van der Waals surface area contributed by atoms with Crippen LogP contribution in [0.1, 0.15) is 43.1 Å². The van der Waals surface area contributed by atoms with Gasteiger partial charge in [0.2, 0.25) is 0 Å². The summed E-state index contributed by atoms with van der Waals surface area (Å²) >= 11 is 0. The lowest BCUT2D eigenvalue weighted by atomic mass is 10.2. The van der Waals surface area contributed by atoms with Crippen molar-refractivity contribution in [3.63, 3.8) is 0 Å². The van der Waals surface area contributed by atoms with Gasteiger partial charge in [0.25, 0.3) is 0 Å². The molecule has 1 aliphatic carbocycles. The van der Waals surface area contributed by atoms with Gasteiger partial charge in [-0.1, -0.05) is 6.92 Å². The molecule has 1 aromatic rings. The molecule has 1 N–H and O–H groups in total. The first-order valence-corrected chi connectivity index (χ1v) is 6.09. The summed E-state index contributed by atoms with van der Waals surface area (Å²) in [6.45, 7) is 3.70. The predicted octanol–water partition coefficient (Wildman–Crippen LogP) is 1.62. The smallest absolute Gasteiger partial charge is 0.182 e. The Labute approximate surface area is 96.0 Å². The van der Waals surface area contributed by atoms with Crippen molar-refractivity contribution in [2.24, 2.45) is 0 Å².